The molecule has 2 heterocycles. The molecule has 3 nitrogen and oxygen atoms in total. The fourth-order valence-corrected chi connectivity index (χ4v) is 4.10. The van der Waals surface area contributed by atoms with Gasteiger partial charge < -0.3 is 4.90 Å². The molecule has 1 amide bonds. The van der Waals surface area contributed by atoms with Gasteiger partial charge in [0.15, 0.2) is 0 Å². The first kappa shape index (κ1) is 17.0. The van der Waals surface area contributed by atoms with E-state index in [1.165, 1.54) is 18.4 Å². The highest BCUT2D eigenvalue weighted by atomic mass is 79.9. The minimum absolute atomic E-state index is 0.251. The summed E-state index contributed by atoms with van der Waals surface area (Å²) in [6.45, 7) is 7.28. The molecule has 23 heavy (non-hydrogen) atoms. The summed E-state index contributed by atoms with van der Waals surface area (Å²) in [6, 6.07) is 8.55. The van der Waals surface area contributed by atoms with Gasteiger partial charge in [-0.25, -0.2) is 0 Å². The summed E-state index contributed by atoms with van der Waals surface area (Å²) in [6.07, 6.45) is 4.48. The summed E-state index contributed by atoms with van der Waals surface area (Å²) >= 11 is 3.48. The fraction of sp³-hybridized carbons (Fsp3) is 0.632. The van der Waals surface area contributed by atoms with Gasteiger partial charge in [0.1, 0.15) is 0 Å². The molecule has 0 unspecified atom stereocenters. The number of carbonyl (C=O) groups is 1. The second kappa shape index (κ2) is 7.80. The monoisotopic (exact) mass is 378 g/mol. The highest BCUT2D eigenvalue weighted by Gasteiger charge is 2.30. The Labute approximate surface area is 148 Å². The topological polar surface area (TPSA) is 23.6 Å². The van der Waals surface area contributed by atoms with E-state index in [-0.39, 0.29) is 5.92 Å². The third kappa shape index (κ3) is 4.57. The molecule has 3 rings (SSSR count). The van der Waals surface area contributed by atoms with E-state index < -0.39 is 0 Å². The van der Waals surface area contributed by atoms with Gasteiger partial charge in [0.25, 0.3) is 0 Å². The Kier molecular flexibility index (Phi) is 5.76. The molecular weight excluding hydrogens is 352 g/mol. The van der Waals surface area contributed by atoms with Gasteiger partial charge in [-0.1, -0.05) is 35.0 Å². The quantitative estimate of drug-likeness (QED) is 0.795. The predicted octanol–water partition coefficient (Wildman–Crippen LogP) is 3.92. The van der Waals surface area contributed by atoms with Gasteiger partial charge in [0.2, 0.25) is 5.91 Å². The van der Waals surface area contributed by atoms with Crippen LogP contribution in [-0.2, 0) is 11.3 Å². The standard InChI is InChI=1S/C19H27BrN2O/c1-15-3-2-10-22(13-15)19(23)17-8-11-21(12-9-17)14-16-4-6-18(20)7-5-16/h4-7,15,17H,2-3,8-14H2,1H3/t15-/m1/s1. The lowest BCUT2D eigenvalue weighted by molar-refractivity contribution is -0.138. The number of hydrogen-bond donors (Lipinski definition) is 0. The maximum Gasteiger partial charge on any atom is 0.225 e. The van der Waals surface area contributed by atoms with Crippen molar-refractivity contribution in [2.45, 2.75) is 39.2 Å². The van der Waals surface area contributed by atoms with Gasteiger partial charge in [-0.05, 0) is 62.4 Å². The molecule has 0 aliphatic carbocycles. The molecule has 4 heteroatoms. The van der Waals surface area contributed by atoms with Gasteiger partial charge in [-0.3, -0.25) is 9.69 Å². The number of amides is 1. The Morgan fingerprint density at radius 2 is 1.83 bits per heavy atom. The third-order valence-corrected chi connectivity index (χ3v) is 5.75. The molecule has 0 bridgehead atoms. The average molecular weight is 379 g/mol. The van der Waals surface area contributed by atoms with Crippen LogP contribution in [0.3, 0.4) is 0 Å². The van der Waals surface area contributed by atoms with Crippen LogP contribution in [0.2, 0.25) is 0 Å². The first-order valence-corrected chi connectivity index (χ1v) is 9.66. The summed E-state index contributed by atoms with van der Waals surface area (Å²) < 4.78 is 1.13. The highest BCUT2D eigenvalue weighted by Crippen LogP contribution is 2.24. The highest BCUT2D eigenvalue weighted by molar-refractivity contribution is 9.10. The van der Waals surface area contributed by atoms with E-state index in [4.69, 9.17) is 0 Å². The van der Waals surface area contributed by atoms with Crippen LogP contribution in [0.4, 0.5) is 0 Å². The maximum absolute atomic E-state index is 12.7. The van der Waals surface area contributed by atoms with E-state index in [1.807, 2.05) is 0 Å². The number of piperidine rings is 2. The molecule has 2 aliphatic rings. The molecule has 1 aromatic carbocycles. The molecule has 2 aliphatic heterocycles. The number of rotatable bonds is 3. The van der Waals surface area contributed by atoms with E-state index in [9.17, 15) is 4.79 Å². The van der Waals surface area contributed by atoms with Crippen molar-refractivity contribution in [1.29, 1.82) is 0 Å². The van der Waals surface area contributed by atoms with Crippen LogP contribution in [-0.4, -0.2) is 41.9 Å². The minimum Gasteiger partial charge on any atom is -0.342 e. The van der Waals surface area contributed by atoms with Crippen LogP contribution in [0.1, 0.15) is 38.2 Å². The summed E-state index contributed by atoms with van der Waals surface area (Å²) in [5.41, 5.74) is 1.35. The van der Waals surface area contributed by atoms with E-state index >= 15 is 0 Å². The van der Waals surface area contributed by atoms with Crippen LogP contribution in [0.15, 0.2) is 28.7 Å². The zero-order valence-corrected chi connectivity index (χ0v) is 15.6. The largest absolute Gasteiger partial charge is 0.342 e. The SMILES string of the molecule is C[C@@H]1CCCN(C(=O)C2CCN(Cc3ccc(Br)cc3)CC2)C1. The van der Waals surface area contributed by atoms with Crippen molar-refractivity contribution in [2.24, 2.45) is 11.8 Å². The molecule has 2 fully saturated rings. The van der Waals surface area contributed by atoms with Gasteiger partial charge in [-0.2, -0.15) is 0 Å². The van der Waals surface area contributed by atoms with E-state index in [2.05, 4.69) is 56.9 Å². The Morgan fingerprint density at radius 3 is 2.48 bits per heavy atom. The van der Waals surface area contributed by atoms with Crippen LogP contribution in [0.5, 0.6) is 0 Å². The number of halogens is 1. The fourth-order valence-electron chi connectivity index (χ4n) is 3.83. The smallest absolute Gasteiger partial charge is 0.225 e. The van der Waals surface area contributed by atoms with Crippen LogP contribution in [0, 0.1) is 11.8 Å². The number of carbonyl (C=O) groups excluding carboxylic acids is 1. The van der Waals surface area contributed by atoms with E-state index in [1.54, 1.807) is 0 Å². The molecule has 0 spiro atoms. The molecule has 2 saturated heterocycles. The van der Waals surface area contributed by atoms with Crippen molar-refractivity contribution in [3.05, 3.63) is 34.3 Å². The number of nitrogens with zero attached hydrogens (tertiary/aromatic N) is 2. The van der Waals surface area contributed by atoms with E-state index in [0.29, 0.717) is 11.8 Å². The van der Waals surface area contributed by atoms with Crippen LogP contribution in [0.25, 0.3) is 0 Å². The lowest BCUT2D eigenvalue weighted by Crippen LogP contribution is -2.45. The van der Waals surface area contributed by atoms with Crippen LogP contribution < -0.4 is 0 Å². The molecule has 126 valence electrons. The van der Waals surface area contributed by atoms with Crippen molar-refractivity contribution in [3.63, 3.8) is 0 Å². The van der Waals surface area contributed by atoms with Gasteiger partial charge in [-0.15, -0.1) is 0 Å². The first-order valence-electron chi connectivity index (χ1n) is 8.87. The van der Waals surface area contributed by atoms with Gasteiger partial charge in [0.05, 0.1) is 0 Å². The van der Waals surface area contributed by atoms with Crippen molar-refractivity contribution in [2.75, 3.05) is 26.2 Å². The summed E-state index contributed by atoms with van der Waals surface area (Å²) in [7, 11) is 0. The summed E-state index contributed by atoms with van der Waals surface area (Å²) in [5.74, 6) is 1.34. The summed E-state index contributed by atoms with van der Waals surface area (Å²) in [4.78, 5) is 17.3. The number of hydrogen-bond acceptors (Lipinski definition) is 2. The van der Waals surface area contributed by atoms with Crippen molar-refractivity contribution >= 4 is 21.8 Å². The minimum atomic E-state index is 0.251. The molecule has 0 N–H and O–H groups in total. The molecule has 0 radical (unpaired) electrons. The lowest BCUT2D eigenvalue weighted by Gasteiger charge is -2.37. The zero-order chi connectivity index (χ0) is 16.2. The lowest BCUT2D eigenvalue weighted by atomic mass is 9.92. The molecule has 0 saturated carbocycles. The zero-order valence-electron chi connectivity index (χ0n) is 14.0. The molecule has 0 aromatic heterocycles. The number of likely N-dealkylation sites (tertiary alicyclic amines) is 2. The Balaban J connectivity index is 1.48. The van der Waals surface area contributed by atoms with Crippen molar-refractivity contribution < 1.29 is 4.79 Å². The predicted molar refractivity (Wildman–Crippen MR) is 97.1 cm³/mol. The molecule has 1 atom stereocenters. The average Bonchev–Trinajstić information content (AvgIpc) is 2.57. The number of benzene rings is 1. The van der Waals surface area contributed by atoms with Crippen LogP contribution >= 0.6 is 15.9 Å². The maximum atomic E-state index is 12.7. The second-order valence-corrected chi connectivity index (χ2v) is 8.12. The first-order chi connectivity index (χ1) is 11.1. The van der Waals surface area contributed by atoms with E-state index in [0.717, 1.165) is 50.0 Å². The molecule has 1 aromatic rings. The Hall–Kier alpha value is -0.870. The normalized spacial score (nSPS) is 23.9. The Morgan fingerprint density at radius 1 is 1.13 bits per heavy atom. The third-order valence-electron chi connectivity index (χ3n) is 5.22. The second-order valence-electron chi connectivity index (χ2n) is 7.21. The Bertz CT molecular complexity index is 523. The van der Waals surface area contributed by atoms with Gasteiger partial charge in [0, 0.05) is 30.0 Å². The van der Waals surface area contributed by atoms with Crippen molar-refractivity contribution in [1.82, 2.24) is 9.80 Å². The molecular formula is C19H27BrN2O. The summed E-state index contributed by atoms with van der Waals surface area (Å²) in [5, 5.41) is 0. The van der Waals surface area contributed by atoms with Gasteiger partial charge >= 0.3 is 0 Å². The van der Waals surface area contributed by atoms with Crippen molar-refractivity contribution in [3.8, 4) is 0 Å².